The van der Waals surface area contributed by atoms with E-state index >= 15 is 0 Å². The molecule has 0 saturated carbocycles. The zero-order chi connectivity index (χ0) is 28.3. The first-order valence-electron chi connectivity index (χ1n) is 11.6. The van der Waals surface area contributed by atoms with E-state index in [4.69, 9.17) is 5.73 Å². The maximum Gasteiger partial charge on any atom is 0.332 e. The molecule has 1 aliphatic rings. The molecule has 3 aromatic rings. The van der Waals surface area contributed by atoms with Crippen LogP contribution in [0.4, 0.5) is 16.2 Å². The van der Waals surface area contributed by atoms with Gasteiger partial charge in [-0.15, -0.1) is 5.10 Å². The molecule has 1 aromatic heterocycles. The van der Waals surface area contributed by atoms with E-state index < -0.39 is 39.8 Å². The molecule has 5 amide bonds. The third-order valence-corrected chi connectivity index (χ3v) is 6.45. The Morgan fingerprint density at radius 3 is 2.38 bits per heavy atom. The standard InChI is InChI=1S/C23H25N9O6S/c1-14-3-8-17(32-13-25-28-29-32)18(11-14)30-9-10-31(22(35)21(30)34)19(20(24)33)12-15-4-6-16(7-5-15)26-23(36)27-39(2,37)38/h3-8,11,13,19H,9-10,12H2,1-2H3,(H2,24,33)(H2,26,27,36)/t19-/m0/s1. The monoisotopic (exact) mass is 555 g/mol. The van der Waals surface area contributed by atoms with Crippen LogP contribution in [0.3, 0.4) is 0 Å². The molecule has 1 saturated heterocycles. The molecule has 16 heteroatoms. The van der Waals surface area contributed by atoms with Gasteiger partial charge in [-0.1, -0.05) is 18.2 Å². The van der Waals surface area contributed by atoms with Crippen molar-refractivity contribution < 1.29 is 27.6 Å². The summed E-state index contributed by atoms with van der Waals surface area (Å²) in [6.45, 7) is 2.00. The molecule has 0 spiro atoms. The number of carbonyl (C=O) groups is 4. The van der Waals surface area contributed by atoms with Crippen molar-refractivity contribution in [1.29, 1.82) is 0 Å². The van der Waals surface area contributed by atoms with E-state index in [1.807, 2.05) is 13.0 Å². The SMILES string of the molecule is Cc1ccc(-n2cnnn2)c(N2CCN([C@@H](Cc3ccc(NC(=O)NS(C)(=O)=O)cc3)C(N)=O)C(=O)C2=O)c1. The van der Waals surface area contributed by atoms with Crippen molar-refractivity contribution >= 4 is 45.2 Å². The number of nitrogens with zero attached hydrogens (tertiary/aromatic N) is 6. The van der Waals surface area contributed by atoms with E-state index in [9.17, 15) is 27.6 Å². The Labute approximate surface area is 223 Å². The second-order valence-corrected chi connectivity index (χ2v) is 10.6. The average Bonchev–Trinajstić information content (AvgIpc) is 3.39. The van der Waals surface area contributed by atoms with Gasteiger partial charge in [0.05, 0.1) is 17.6 Å². The summed E-state index contributed by atoms with van der Waals surface area (Å²) in [5.74, 6) is -2.50. The van der Waals surface area contributed by atoms with Gasteiger partial charge in [-0.25, -0.2) is 17.9 Å². The number of hydrogen-bond acceptors (Lipinski definition) is 9. The number of sulfonamides is 1. The molecule has 15 nitrogen and oxygen atoms in total. The molecule has 0 unspecified atom stereocenters. The largest absolute Gasteiger partial charge is 0.368 e. The lowest BCUT2D eigenvalue weighted by molar-refractivity contribution is -0.150. The minimum absolute atomic E-state index is 0.0183. The summed E-state index contributed by atoms with van der Waals surface area (Å²) < 4.78 is 25.5. The second-order valence-electron chi connectivity index (χ2n) is 8.85. The lowest BCUT2D eigenvalue weighted by atomic mass is 10.0. The average molecular weight is 556 g/mol. The number of urea groups is 1. The predicted octanol–water partition coefficient (Wildman–Crippen LogP) is -0.676. The van der Waals surface area contributed by atoms with Gasteiger partial charge in [-0.3, -0.25) is 14.4 Å². The molecule has 4 N–H and O–H groups in total. The Hall–Kier alpha value is -4.86. The van der Waals surface area contributed by atoms with Crippen molar-refractivity contribution in [3.8, 4) is 5.69 Å². The molecule has 0 aliphatic carbocycles. The number of benzene rings is 2. The van der Waals surface area contributed by atoms with Gasteiger partial charge in [-0.2, -0.15) is 4.68 Å². The highest BCUT2D eigenvalue weighted by molar-refractivity contribution is 7.89. The Morgan fingerprint density at radius 1 is 1.05 bits per heavy atom. The topological polar surface area (TPSA) is 203 Å². The second kappa shape index (κ2) is 10.9. The van der Waals surface area contributed by atoms with Crippen LogP contribution in [0.1, 0.15) is 11.1 Å². The Morgan fingerprint density at radius 2 is 1.77 bits per heavy atom. The maximum absolute atomic E-state index is 13.2. The van der Waals surface area contributed by atoms with Crippen LogP contribution in [0.25, 0.3) is 5.69 Å². The van der Waals surface area contributed by atoms with Crippen LogP contribution in [0.2, 0.25) is 0 Å². The summed E-state index contributed by atoms with van der Waals surface area (Å²) in [7, 11) is -3.73. The Kier molecular flexibility index (Phi) is 7.57. The van der Waals surface area contributed by atoms with Gasteiger partial charge in [-0.05, 0) is 52.7 Å². The van der Waals surface area contributed by atoms with Gasteiger partial charge in [0, 0.05) is 25.2 Å². The third kappa shape index (κ3) is 6.35. The first kappa shape index (κ1) is 27.2. The van der Waals surface area contributed by atoms with Crippen LogP contribution in [-0.4, -0.2) is 82.7 Å². The number of tetrazole rings is 1. The van der Waals surface area contributed by atoms with E-state index in [-0.39, 0.29) is 19.5 Å². The van der Waals surface area contributed by atoms with Crippen LogP contribution < -0.4 is 20.7 Å². The summed E-state index contributed by atoms with van der Waals surface area (Å²) >= 11 is 0. The molecule has 204 valence electrons. The number of nitrogens with one attached hydrogen (secondary N) is 2. The lowest BCUT2D eigenvalue weighted by Crippen LogP contribution is -2.60. The highest BCUT2D eigenvalue weighted by Gasteiger charge is 2.40. The van der Waals surface area contributed by atoms with Crippen molar-refractivity contribution in [2.45, 2.75) is 19.4 Å². The molecule has 4 rings (SSSR count). The summed E-state index contributed by atoms with van der Waals surface area (Å²) in [4.78, 5) is 53.0. The lowest BCUT2D eigenvalue weighted by Gasteiger charge is -2.37. The van der Waals surface area contributed by atoms with Crippen molar-refractivity contribution in [3.63, 3.8) is 0 Å². The van der Waals surface area contributed by atoms with Crippen LogP contribution in [0, 0.1) is 6.92 Å². The van der Waals surface area contributed by atoms with E-state index in [2.05, 4.69) is 20.8 Å². The van der Waals surface area contributed by atoms with E-state index in [1.54, 1.807) is 29.0 Å². The van der Waals surface area contributed by atoms with Gasteiger partial charge in [0.15, 0.2) is 0 Å². The fourth-order valence-electron chi connectivity index (χ4n) is 4.13. The molecule has 2 aromatic carbocycles. The molecular weight excluding hydrogens is 530 g/mol. The Balaban J connectivity index is 1.49. The number of nitrogens with two attached hydrogens (primary N) is 1. The van der Waals surface area contributed by atoms with Crippen molar-refractivity contribution in [2.24, 2.45) is 5.73 Å². The van der Waals surface area contributed by atoms with Gasteiger partial charge in [0.25, 0.3) is 0 Å². The summed E-state index contributed by atoms with van der Waals surface area (Å²) in [6, 6.07) is 9.43. The highest BCUT2D eigenvalue weighted by Crippen LogP contribution is 2.28. The molecule has 39 heavy (non-hydrogen) atoms. The zero-order valence-corrected chi connectivity index (χ0v) is 21.8. The number of aromatic nitrogens is 4. The van der Waals surface area contributed by atoms with E-state index in [1.165, 1.54) is 28.0 Å². The Bertz CT molecular complexity index is 1520. The number of anilines is 2. The number of primary amides is 1. The van der Waals surface area contributed by atoms with Crippen molar-refractivity contribution in [1.82, 2.24) is 29.8 Å². The van der Waals surface area contributed by atoms with Crippen LogP contribution in [-0.2, 0) is 30.8 Å². The summed E-state index contributed by atoms with van der Waals surface area (Å²) in [5, 5.41) is 13.5. The van der Waals surface area contributed by atoms with Gasteiger partial charge in [0.1, 0.15) is 12.4 Å². The minimum Gasteiger partial charge on any atom is -0.368 e. The van der Waals surface area contributed by atoms with Gasteiger partial charge >= 0.3 is 17.8 Å². The number of aryl methyl sites for hydroxylation is 1. The summed E-state index contributed by atoms with van der Waals surface area (Å²) in [6.07, 6.45) is 2.24. The molecule has 0 radical (unpaired) electrons. The first-order chi connectivity index (χ1) is 18.4. The zero-order valence-electron chi connectivity index (χ0n) is 20.9. The quantitative estimate of drug-likeness (QED) is 0.301. The van der Waals surface area contributed by atoms with Crippen LogP contribution in [0.15, 0.2) is 48.8 Å². The predicted molar refractivity (Wildman–Crippen MR) is 138 cm³/mol. The highest BCUT2D eigenvalue weighted by atomic mass is 32.2. The molecule has 0 bridgehead atoms. The molecule has 1 aliphatic heterocycles. The maximum atomic E-state index is 13.2. The number of rotatable bonds is 8. The fourth-order valence-corrected chi connectivity index (χ4v) is 4.52. The normalized spacial score (nSPS) is 14.7. The molecule has 1 fully saturated rings. The fraction of sp³-hybridized carbons (Fsp3) is 0.261. The summed E-state index contributed by atoms with van der Waals surface area (Å²) in [5.41, 5.74) is 8.32. The van der Waals surface area contributed by atoms with Crippen molar-refractivity contribution in [3.05, 3.63) is 59.9 Å². The van der Waals surface area contributed by atoms with Crippen LogP contribution in [0.5, 0.6) is 0 Å². The van der Waals surface area contributed by atoms with Gasteiger partial charge in [0.2, 0.25) is 15.9 Å². The van der Waals surface area contributed by atoms with Crippen molar-refractivity contribution in [2.75, 3.05) is 29.6 Å². The minimum atomic E-state index is -3.73. The number of amides is 5. The van der Waals surface area contributed by atoms with Crippen LogP contribution >= 0.6 is 0 Å². The van der Waals surface area contributed by atoms with E-state index in [0.29, 0.717) is 22.6 Å². The smallest absolute Gasteiger partial charge is 0.332 e. The molecular formula is C23H25N9O6S. The number of carbonyl (C=O) groups excluding carboxylic acids is 4. The molecule has 2 heterocycles. The number of piperazine rings is 1. The third-order valence-electron chi connectivity index (χ3n) is 5.89. The number of hydrogen-bond donors (Lipinski definition) is 3. The molecule has 1 atom stereocenters. The van der Waals surface area contributed by atoms with Gasteiger partial charge < -0.3 is 20.9 Å². The van der Waals surface area contributed by atoms with E-state index in [0.717, 1.165) is 16.7 Å². The first-order valence-corrected chi connectivity index (χ1v) is 13.5.